The van der Waals surface area contributed by atoms with Crippen molar-refractivity contribution in [1.82, 2.24) is 9.97 Å². The van der Waals surface area contributed by atoms with Gasteiger partial charge < -0.3 is 15.5 Å². The third kappa shape index (κ3) is 3.04. The minimum Gasteiger partial charge on any atom is -0.454 e. The number of ether oxygens (including phenoxy) is 1. The van der Waals surface area contributed by atoms with Crippen LogP contribution in [0.5, 0.6) is 11.5 Å². The van der Waals surface area contributed by atoms with E-state index >= 15 is 0 Å². The molecule has 6 heteroatoms. The first-order chi connectivity index (χ1) is 12.5. The van der Waals surface area contributed by atoms with Gasteiger partial charge in [0.05, 0.1) is 0 Å². The summed E-state index contributed by atoms with van der Waals surface area (Å²) < 4.78 is 20.8. The van der Waals surface area contributed by atoms with Crippen molar-refractivity contribution in [3.8, 4) is 22.6 Å². The molecule has 0 radical (unpaired) electrons. The zero-order valence-corrected chi connectivity index (χ0v) is 15.5. The van der Waals surface area contributed by atoms with E-state index in [9.17, 15) is 4.39 Å². The zero-order valence-electron chi connectivity index (χ0n) is 13.9. The number of fused-ring (bicyclic) bond motifs is 1. The Kier molecular flexibility index (Phi) is 4.12. The van der Waals surface area contributed by atoms with Crippen molar-refractivity contribution in [2.75, 3.05) is 5.73 Å². The molecule has 0 atom stereocenters. The van der Waals surface area contributed by atoms with Gasteiger partial charge in [0.1, 0.15) is 11.4 Å². The molecule has 4 aromatic rings. The maximum Gasteiger partial charge on any atom is 0.166 e. The van der Waals surface area contributed by atoms with Gasteiger partial charge >= 0.3 is 0 Å². The van der Waals surface area contributed by atoms with Gasteiger partial charge in [0.25, 0.3) is 0 Å². The zero-order chi connectivity index (χ0) is 18.3. The molecule has 2 aromatic carbocycles. The molecule has 0 aliphatic rings. The van der Waals surface area contributed by atoms with Gasteiger partial charge in [-0.3, -0.25) is 0 Å². The summed E-state index contributed by atoms with van der Waals surface area (Å²) in [6.45, 7) is 1.92. The Morgan fingerprint density at radius 3 is 2.65 bits per heavy atom. The molecule has 0 unspecified atom stereocenters. The van der Waals surface area contributed by atoms with E-state index in [-0.39, 0.29) is 5.75 Å². The Labute approximate surface area is 158 Å². The van der Waals surface area contributed by atoms with Gasteiger partial charge in [-0.25, -0.2) is 9.37 Å². The average molecular weight is 412 g/mol. The molecule has 0 saturated carbocycles. The highest BCUT2D eigenvalue weighted by molar-refractivity contribution is 9.10. The Bertz CT molecular complexity index is 1120. The quantitative estimate of drug-likeness (QED) is 0.417. The lowest BCUT2D eigenvalue weighted by atomic mass is 10.0. The predicted molar refractivity (Wildman–Crippen MR) is 105 cm³/mol. The van der Waals surface area contributed by atoms with E-state index in [1.807, 2.05) is 31.3 Å². The summed E-state index contributed by atoms with van der Waals surface area (Å²) in [6.07, 6.45) is 1.84. The first-order valence-corrected chi connectivity index (χ1v) is 8.78. The first-order valence-electron chi connectivity index (χ1n) is 7.99. The van der Waals surface area contributed by atoms with Gasteiger partial charge in [-0.1, -0.05) is 15.9 Å². The van der Waals surface area contributed by atoms with Crippen molar-refractivity contribution in [1.29, 1.82) is 0 Å². The van der Waals surface area contributed by atoms with Gasteiger partial charge in [0.2, 0.25) is 0 Å². The monoisotopic (exact) mass is 411 g/mol. The second-order valence-corrected chi connectivity index (χ2v) is 6.90. The van der Waals surface area contributed by atoms with Gasteiger partial charge in [0, 0.05) is 33.0 Å². The third-order valence-electron chi connectivity index (χ3n) is 4.06. The van der Waals surface area contributed by atoms with Crippen LogP contribution >= 0.6 is 15.9 Å². The largest absolute Gasteiger partial charge is 0.454 e. The van der Waals surface area contributed by atoms with Crippen molar-refractivity contribution < 1.29 is 9.13 Å². The van der Waals surface area contributed by atoms with Crippen molar-refractivity contribution in [3.63, 3.8) is 0 Å². The molecule has 4 nitrogen and oxygen atoms in total. The molecular weight excluding hydrogens is 397 g/mol. The minimum absolute atomic E-state index is 0.148. The maximum atomic E-state index is 14.2. The van der Waals surface area contributed by atoms with E-state index in [4.69, 9.17) is 10.5 Å². The molecule has 0 saturated heterocycles. The van der Waals surface area contributed by atoms with Crippen molar-refractivity contribution in [2.45, 2.75) is 6.92 Å². The molecule has 3 N–H and O–H groups in total. The van der Waals surface area contributed by atoms with Crippen LogP contribution in [0.2, 0.25) is 0 Å². The van der Waals surface area contributed by atoms with Gasteiger partial charge in [-0.15, -0.1) is 0 Å². The molecule has 4 rings (SSSR count). The number of halogens is 2. The molecule has 0 aliphatic carbocycles. The van der Waals surface area contributed by atoms with Crippen LogP contribution in [0.1, 0.15) is 5.69 Å². The highest BCUT2D eigenvalue weighted by Gasteiger charge is 2.15. The molecule has 0 aliphatic heterocycles. The summed E-state index contributed by atoms with van der Waals surface area (Å²) in [5.41, 5.74) is 9.95. The fourth-order valence-electron chi connectivity index (χ4n) is 2.91. The summed E-state index contributed by atoms with van der Waals surface area (Å²) in [7, 11) is 0. The highest BCUT2D eigenvalue weighted by Crippen LogP contribution is 2.39. The van der Waals surface area contributed by atoms with E-state index in [0.717, 1.165) is 27.9 Å². The van der Waals surface area contributed by atoms with Crippen LogP contribution in [0, 0.1) is 12.7 Å². The van der Waals surface area contributed by atoms with Crippen molar-refractivity contribution >= 4 is 32.7 Å². The number of aromatic amines is 1. The Balaban J connectivity index is 1.89. The molecule has 26 heavy (non-hydrogen) atoms. The lowest BCUT2D eigenvalue weighted by Crippen LogP contribution is -1.95. The van der Waals surface area contributed by atoms with Crippen LogP contribution in [-0.4, -0.2) is 9.97 Å². The molecular formula is C20H15BrFN3O. The number of pyridine rings is 1. The minimum atomic E-state index is -0.445. The maximum absolute atomic E-state index is 14.2. The smallest absolute Gasteiger partial charge is 0.166 e. The van der Waals surface area contributed by atoms with Crippen LogP contribution in [0.3, 0.4) is 0 Å². The Hall–Kier alpha value is -2.86. The van der Waals surface area contributed by atoms with E-state index in [1.165, 1.54) is 6.07 Å². The Morgan fingerprint density at radius 2 is 1.85 bits per heavy atom. The van der Waals surface area contributed by atoms with Gasteiger partial charge in [-0.2, -0.15) is 0 Å². The summed E-state index contributed by atoms with van der Waals surface area (Å²) in [5, 5.41) is 0.947. The number of hydrogen-bond acceptors (Lipinski definition) is 3. The van der Waals surface area contributed by atoms with E-state index in [2.05, 4.69) is 25.9 Å². The summed E-state index contributed by atoms with van der Waals surface area (Å²) in [6, 6.07) is 13.9. The second-order valence-electron chi connectivity index (χ2n) is 5.98. The number of nitrogens with two attached hydrogens (primary N) is 1. The van der Waals surface area contributed by atoms with Crippen molar-refractivity contribution in [2.24, 2.45) is 0 Å². The first kappa shape index (κ1) is 16.6. The predicted octanol–water partition coefficient (Wildman–Crippen LogP) is 5.81. The number of hydrogen-bond donors (Lipinski definition) is 2. The van der Waals surface area contributed by atoms with E-state index in [0.29, 0.717) is 15.9 Å². The van der Waals surface area contributed by atoms with Gasteiger partial charge in [-0.05, 0) is 61.0 Å². The molecule has 0 amide bonds. The molecule has 0 fully saturated rings. The number of aromatic nitrogens is 2. The van der Waals surface area contributed by atoms with Crippen LogP contribution in [-0.2, 0) is 0 Å². The fraction of sp³-hybridized carbons (Fsp3) is 0.0500. The van der Waals surface area contributed by atoms with Crippen LogP contribution in [0.4, 0.5) is 10.1 Å². The third-order valence-corrected chi connectivity index (χ3v) is 4.56. The summed E-state index contributed by atoms with van der Waals surface area (Å²) in [5.74, 6) is 0.226. The van der Waals surface area contributed by atoms with E-state index < -0.39 is 5.82 Å². The van der Waals surface area contributed by atoms with Crippen LogP contribution < -0.4 is 10.5 Å². The number of nitrogens with zero attached hydrogens (tertiary/aromatic N) is 1. The average Bonchev–Trinajstić information content (AvgIpc) is 3.06. The van der Waals surface area contributed by atoms with Crippen LogP contribution in [0.25, 0.3) is 22.2 Å². The molecule has 0 bridgehead atoms. The number of benzene rings is 2. The molecule has 130 valence electrons. The van der Waals surface area contributed by atoms with Crippen molar-refractivity contribution in [3.05, 3.63) is 70.7 Å². The number of nitrogen functional groups attached to an aromatic ring is 1. The fourth-order valence-corrected chi connectivity index (χ4v) is 3.25. The number of rotatable bonds is 3. The van der Waals surface area contributed by atoms with Crippen LogP contribution in [0.15, 0.2) is 59.2 Å². The highest BCUT2D eigenvalue weighted by atomic mass is 79.9. The summed E-state index contributed by atoms with van der Waals surface area (Å²) in [4.78, 5) is 7.61. The van der Waals surface area contributed by atoms with E-state index in [1.54, 1.807) is 24.3 Å². The second kappa shape index (κ2) is 6.46. The number of nitrogens with one attached hydrogen (secondary N) is 1. The lowest BCUT2D eigenvalue weighted by Gasteiger charge is -2.14. The topological polar surface area (TPSA) is 63.9 Å². The number of aryl methyl sites for hydroxylation is 1. The number of H-pyrrole nitrogens is 1. The standard InChI is InChI=1S/C20H15BrFN3O/c1-11-8-15(14-6-7-24-20(14)25-11)16-10-13(23)3-5-18(16)26-19-4-2-12(21)9-17(19)22/h2-10H,23H2,1H3,(H,24,25). The normalized spacial score (nSPS) is 11.0. The molecule has 2 heterocycles. The summed E-state index contributed by atoms with van der Waals surface area (Å²) >= 11 is 3.25. The lowest BCUT2D eigenvalue weighted by molar-refractivity contribution is 0.443. The Morgan fingerprint density at radius 1 is 1.04 bits per heavy atom. The molecule has 0 spiro atoms. The van der Waals surface area contributed by atoms with Gasteiger partial charge in [0.15, 0.2) is 11.6 Å². The SMILES string of the molecule is Cc1cc(-c2cc(N)ccc2Oc2ccc(Br)cc2F)c2cc[nH]c2n1. The number of anilines is 1. The molecule has 2 aromatic heterocycles.